The van der Waals surface area contributed by atoms with Gasteiger partial charge in [0.15, 0.2) is 0 Å². The van der Waals surface area contributed by atoms with Crippen LogP contribution in [0.5, 0.6) is 0 Å². The lowest BCUT2D eigenvalue weighted by Crippen LogP contribution is -2.31. The number of likely N-dealkylation sites (tertiary alicyclic amines) is 1. The van der Waals surface area contributed by atoms with Crippen molar-refractivity contribution in [2.75, 3.05) is 6.54 Å². The minimum atomic E-state index is -0.894. The molecule has 9 heteroatoms. The summed E-state index contributed by atoms with van der Waals surface area (Å²) in [7, 11) is 0. The first-order valence-corrected chi connectivity index (χ1v) is 10.0. The number of carbonyl (C=O) groups excluding carboxylic acids is 2. The van der Waals surface area contributed by atoms with Crippen molar-refractivity contribution in [2.45, 2.75) is 12.5 Å². The van der Waals surface area contributed by atoms with Gasteiger partial charge in [0.05, 0.1) is 16.5 Å². The molecule has 1 aromatic heterocycles. The zero-order chi connectivity index (χ0) is 23.5. The Labute approximate surface area is 187 Å². The highest BCUT2D eigenvalue weighted by molar-refractivity contribution is 6.46. The van der Waals surface area contributed by atoms with Crippen LogP contribution in [0.3, 0.4) is 0 Å². The molecular formula is C24H18FN3O5. The van der Waals surface area contributed by atoms with Crippen LogP contribution in [-0.2, 0) is 16.0 Å². The Bertz CT molecular complexity index is 1240. The number of halogens is 1. The molecule has 1 fully saturated rings. The Morgan fingerprint density at radius 1 is 1.09 bits per heavy atom. The van der Waals surface area contributed by atoms with Gasteiger partial charge in [-0.25, -0.2) is 4.39 Å². The largest absolute Gasteiger partial charge is 0.507 e. The second-order valence-corrected chi connectivity index (χ2v) is 7.46. The predicted octanol–water partition coefficient (Wildman–Crippen LogP) is 3.79. The van der Waals surface area contributed by atoms with Gasteiger partial charge >= 0.3 is 0 Å². The van der Waals surface area contributed by atoms with Crippen LogP contribution in [0.1, 0.15) is 22.7 Å². The molecule has 2 aromatic carbocycles. The molecule has 166 valence electrons. The van der Waals surface area contributed by atoms with Crippen molar-refractivity contribution in [3.63, 3.8) is 0 Å². The molecule has 1 aliphatic heterocycles. The summed E-state index contributed by atoms with van der Waals surface area (Å²) in [6, 6.07) is 13.3. The second kappa shape index (κ2) is 8.99. The highest BCUT2D eigenvalue weighted by atomic mass is 19.1. The number of hydrogen-bond donors (Lipinski definition) is 1. The first kappa shape index (κ1) is 21.8. The number of nitro groups is 1. The molecule has 1 aliphatic rings. The molecule has 33 heavy (non-hydrogen) atoms. The number of Topliss-reactive ketones (excluding diaryl/α,β-unsaturated/α-hetero) is 1. The van der Waals surface area contributed by atoms with E-state index in [4.69, 9.17) is 0 Å². The fourth-order valence-electron chi connectivity index (χ4n) is 3.79. The van der Waals surface area contributed by atoms with Crippen LogP contribution in [0.25, 0.3) is 5.76 Å². The molecule has 1 unspecified atom stereocenters. The van der Waals surface area contributed by atoms with E-state index in [1.54, 1.807) is 30.5 Å². The maximum atomic E-state index is 13.2. The van der Waals surface area contributed by atoms with Crippen LogP contribution in [0, 0.1) is 15.9 Å². The Morgan fingerprint density at radius 2 is 1.79 bits per heavy atom. The number of aliphatic hydroxyl groups is 1. The summed E-state index contributed by atoms with van der Waals surface area (Å²) in [6.07, 6.45) is 3.41. The normalized spacial score (nSPS) is 17.4. The summed E-state index contributed by atoms with van der Waals surface area (Å²) in [5.74, 6) is -2.45. The van der Waals surface area contributed by atoms with Crippen LogP contribution in [0.2, 0.25) is 0 Å². The van der Waals surface area contributed by atoms with Gasteiger partial charge < -0.3 is 10.0 Å². The molecule has 0 bridgehead atoms. The number of nitrogens with zero attached hydrogens (tertiary/aromatic N) is 3. The number of nitro benzene ring substituents is 1. The van der Waals surface area contributed by atoms with Crippen molar-refractivity contribution in [3.8, 4) is 0 Å². The lowest BCUT2D eigenvalue weighted by molar-refractivity contribution is -0.384. The summed E-state index contributed by atoms with van der Waals surface area (Å²) in [4.78, 5) is 41.6. The molecule has 1 saturated heterocycles. The van der Waals surface area contributed by atoms with Gasteiger partial charge in [-0.1, -0.05) is 18.2 Å². The van der Waals surface area contributed by atoms with Crippen molar-refractivity contribution >= 4 is 23.1 Å². The number of aromatic nitrogens is 1. The lowest BCUT2D eigenvalue weighted by atomic mass is 9.96. The summed E-state index contributed by atoms with van der Waals surface area (Å²) < 4.78 is 13.2. The van der Waals surface area contributed by atoms with Crippen LogP contribution >= 0.6 is 0 Å². The van der Waals surface area contributed by atoms with Crippen molar-refractivity contribution in [3.05, 3.63) is 111 Å². The number of pyridine rings is 1. The number of benzene rings is 2. The van der Waals surface area contributed by atoms with E-state index < -0.39 is 28.4 Å². The molecule has 0 aliphatic carbocycles. The monoisotopic (exact) mass is 447 g/mol. The Kier molecular flexibility index (Phi) is 5.95. The maximum Gasteiger partial charge on any atom is 0.295 e. The number of ketones is 1. The summed E-state index contributed by atoms with van der Waals surface area (Å²) in [5, 5.41) is 21.9. The SMILES string of the molecule is O=C1C(=O)N(CCc2ccc(F)cc2)C(c2cccnc2)/C1=C(/O)c1ccc([N+](=O)[O-])cc1. The number of hydrogen-bond acceptors (Lipinski definition) is 6. The third-order valence-electron chi connectivity index (χ3n) is 5.45. The zero-order valence-electron chi connectivity index (χ0n) is 17.2. The Hall–Kier alpha value is -4.40. The molecule has 0 spiro atoms. The third-order valence-corrected chi connectivity index (χ3v) is 5.45. The van der Waals surface area contributed by atoms with E-state index in [0.29, 0.717) is 12.0 Å². The molecule has 8 nitrogen and oxygen atoms in total. The lowest BCUT2D eigenvalue weighted by Gasteiger charge is -2.25. The zero-order valence-corrected chi connectivity index (χ0v) is 17.2. The standard InChI is InChI=1S/C24H18FN3O5/c25-18-7-3-15(4-8-18)11-13-27-21(17-2-1-12-26-14-17)20(23(30)24(27)31)22(29)16-5-9-19(10-6-16)28(32)33/h1-10,12,14,21,29H,11,13H2/b22-20-. The highest BCUT2D eigenvalue weighted by Crippen LogP contribution is 2.39. The Morgan fingerprint density at radius 3 is 2.39 bits per heavy atom. The first-order valence-electron chi connectivity index (χ1n) is 10.0. The molecule has 0 radical (unpaired) electrons. The molecule has 4 rings (SSSR count). The predicted molar refractivity (Wildman–Crippen MR) is 116 cm³/mol. The topological polar surface area (TPSA) is 114 Å². The fourth-order valence-corrected chi connectivity index (χ4v) is 3.79. The third kappa shape index (κ3) is 4.33. The summed E-state index contributed by atoms with van der Waals surface area (Å²) in [5.41, 5.74) is 1.18. The highest BCUT2D eigenvalue weighted by Gasteiger charge is 2.45. The molecule has 0 saturated carbocycles. The van der Waals surface area contributed by atoms with Crippen LogP contribution in [0.15, 0.2) is 78.6 Å². The average Bonchev–Trinajstić information content (AvgIpc) is 3.08. The van der Waals surface area contributed by atoms with Gasteiger partial charge in [0.25, 0.3) is 17.4 Å². The van der Waals surface area contributed by atoms with E-state index in [9.17, 15) is 29.2 Å². The maximum absolute atomic E-state index is 13.2. The quantitative estimate of drug-likeness (QED) is 0.202. The molecule has 1 amide bonds. The van der Waals surface area contributed by atoms with Gasteiger partial charge in [0.1, 0.15) is 11.6 Å². The van der Waals surface area contributed by atoms with Crippen molar-refractivity contribution in [1.29, 1.82) is 0 Å². The number of amides is 1. The molecule has 3 aromatic rings. The fraction of sp³-hybridized carbons (Fsp3) is 0.125. The van der Waals surface area contributed by atoms with Crippen LogP contribution < -0.4 is 0 Å². The first-order chi connectivity index (χ1) is 15.9. The summed E-state index contributed by atoms with van der Waals surface area (Å²) in [6.45, 7) is 0.146. The smallest absolute Gasteiger partial charge is 0.295 e. The van der Waals surface area contributed by atoms with Crippen LogP contribution in [-0.4, -0.2) is 38.1 Å². The molecule has 1 N–H and O–H groups in total. The van der Waals surface area contributed by atoms with Crippen molar-refractivity contribution < 1.29 is 24.0 Å². The van der Waals surface area contributed by atoms with Gasteiger partial charge in [0, 0.05) is 36.6 Å². The van der Waals surface area contributed by atoms with E-state index in [2.05, 4.69) is 4.98 Å². The van der Waals surface area contributed by atoms with Crippen molar-refractivity contribution in [1.82, 2.24) is 9.88 Å². The van der Waals surface area contributed by atoms with Gasteiger partial charge in [-0.05, 0) is 47.9 Å². The van der Waals surface area contributed by atoms with E-state index in [1.807, 2.05) is 0 Å². The Balaban J connectivity index is 1.74. The molecule has 2 heterocycles. The van der Waals surface area contributed by atoms with Gasteiger partial charge in [-0.2, -0.15) is 0 Å². The van der Waals surface area contributed by atoms with Gasteiger partial charge in [-0.15, -0.1) is 0 Å². The second-order valence-electron chi connectivity index (χ2n) is 7.46. The van der Waals surface area contributed by atoms with E-state index in [1.165, 1.54) is 47.5 Å². The van der Waals surface area contributed by atoms with Gasteiger partial charge in [-0.3, -0.25) is 24.7 Å². The number of carbonyl (C=O) groups is 2. The summed E-state index contributed by atoms with van der Waals surface area (Å²) >= 11 is 0. The minimum absolute atomic E-state index is 0.124. The van der Waals surface area contributed by atoms with Crippen LogP contribution in [0.4, 0.5) is 10.1 Å². The number of rotatable bonds is 6. The molecular weight excluding hydrogens is 429 g/mol. The van der Waals surface area contributed by atoms with Crippen molar-refractivity contribution in [2.24, 2.45) is 0 Å². The van der Waals surface area contributed by atoms with E-state index in [0.717, 1.165) is 5.56 Å². The number of aliphatic hydroxyl groups excluding tert-OH is 1. The average molecular weight is 447 g/mol. The number of non-ortho nitro benzene ring substituents is 1. The minimum Gasteiger partial charge on any atom is -0.507 e. The van der Waals surface area contributed by atoms with E-state index >= 15 is 0 Å². The van der Waals surface area contributed by atoms with Gasteiger partial charge in [0.2, 0.25) is 0 Å². The van der Waals surface area contributed by atoms with E-state index in [-0.39, 0.29) is 29.2 Å². The molecule has 1 atom stereocenters.